The first kappa shape index (κ1) is 14.8. The maximum absolute atomic E-state index is 10.4. The smallest absolute Gasteiger partial charge is 0.303 e. The van der Waals surface area contributed by atoms with Gasteiger partial charge in [-0.3, -0.25) is 4.79 Å². The largest absolute Gasteiger partial charge is 0.481 e. The number of unbranched alkanes of at least 4 members (excludes halogenated alkanes) is 1. The van der Waals surface area contributed by atoms with E-state index in [2.05, 4.69) is 23.6 Å². The molecule has 0 aromatic carbocycles. The molecule has 0 amide bonds. The number of hydrogen-bond acceptors (Lipinski definition) is 3. The first-order valence-corrected chi connectivity index (χ1v) is 7.83. The van der Waals surface area contributed by atoms with Gasteiger partial charge in [0.05, 0.1) is 0 Å². The van der Waals surface area contributed by atoms with Crippen molar-refractivity contribution in [1.82, 2.24) is 4.90 Å². The minimum atomic E-state index is -0.666. The van der Waals surface area contributed by atoms with Gasteiger partial charge in [-0.2, -0.15) is 11.8 Å². The average molecular weight is 259 g/mol. The van der Waals surface area contributed by atoms with Crippen LogP contribution in [0.15, 0.2) is 0 Å². The Morgan fingerprint density at radius 1 is 1.41 bits per heavy atom. The molecule has 17 heavy (non-hydrogen) atoms. The lowest BCUT2D eigenvalue weighted by molar-refractivity contribution is -0.137. The van der Waals surface area contributed by atoms with E-state index in [9.17, 15) is 4.79 Å². The average Bonchev–Trinajstić information content (AvgIpc) is 2.50. The van der Waals surface area contributed by atoms with Gasteiger partial charge in [-0.15, -0.1) is 0 Å². The molecule has 1 aliphatic heterocycles. The maximum atomic E-state index is 10.4. The van der Waals surface area contributed by atoms with Crippen LogP contribution >= 0.6 is 11.8 Å². The molecule has 0 aliphatic carbocycles. The Morgan fingerprint density at radius 3 is 2.94 bits per heavy atom. The fraction of sp³-hybridized carbons (Fsp3) is 0.923. The van der Waals surface area contributed by atoms with Crippen molar-refractivity contribution in [3.05, 3.63) is 0 Å². The molecule has 1 rings (SSSR count). The standard InChI is InChI=1S/C13H25NO2S/c1-2-17-12-7-3-5-9-14(11-12)10-6-4-8-13(15)16/h12H,2-11H2,1H3,(H,15,16). The molecule has 0 radical (unpaired) electrons. The molecule has 1 fully saturated rings. The highest BCUT2D eigenvalue weighted by Gasteiger charge is 2.17. The number of likely N-dealkylation sites (tertiary alicyclic amines) is 1. The maximum Gasteiger partial charge on any atom is 0.303 e. The Balaban J connectivity index is 2.19. The van der Waals surface area contributed by atoms with Gasteiger partial charge in [0.25, 0.3) is 0 Å². The molecule has 1 aliphatic rings. The molecular weight excluding hydrogens is 234 g/mol. The van der Waals surface area contributed by atoms with E-state index >= 15 is 0 Å². The third-order valence-electron chi connectivity index (χ3n) is 3.23. The van der Waals surface area contributed by atoms with Crippen LogP contribution in [-0.4, -0.2) is 46.6 Å². The fourth-order valence-electron chi connectivity index (χ4n) is 2.36. The van der Waals surface area contributed by atoms with Crippen LogP contribution in [0.25, 0.3) is 0 Å². The van der Waals surface area contributed by atoms with E-state index in [1.165, 1.54) is 38.1 Å². The third kappa shape index (κ3) is 6.94. The van der Waals surface area contributed by atoms with E-state index in [-0.39, 0.29) is 0 Å². The Hall–Kier alpha value is -0.220. The minimum Gasteiger partial charge on any atom is -0.481 e. The minimum absolute atomic E-state index is 0.320. The fourth-order valence-corrected chi connectivity index (χ4v) is 3.49. The second kappa shape index (κ2) is 8.81. The predicted octanol–water partition coefficient (Wildman–Crippen LogP) is 2.85. The summed E-state index contributed by atoms with van der Waals surface area (Å²) in [5.74, 6) is 0.539. The van der Waals surface area contributed by atoms with Crippen LogP contribution in [0.2, 0.25) is 0 Å². The van der Waals surface area contributed by atoms with Gasteiger partial charge < -0.3 is 10.0 Å². The normalized spacial score (nSPS) is 22.3. The second-order valence-electron chi connectivity index (χ2n) is 4.72. The summed E-state index contributed by atoms with van der Waals surface area (Å²) in [6.07, 6.45) is 6.17. The van der Waals surface area contributed by atoms with E-state index in [4.69, 9.17) is 5.11 Å². The highest BCUT2D eigenvalue weighted by Crippen LogP contribution is 2.22. The van der Waals surface area contributed by atoms with Crippen molar-refractivity contribution in [2.24, 2.45) is 0 Å². The van der Waals surface area contributed by atoms with E-state index < -0.39 is 5.97 Å². The number of carbonyl (C=O) groups is 1. The van der Waals surface area contributed by atoms with Crippen LogP contribution in [-0.2, 0) is 4.79 Å². The summed E-state index contributed by atoms with van der Waals surface area (Å²) in [7, 11) is 0. The predicted molar refractivity (Wildman–Crippen MR) is 73.7 cm³/mol. The lowest BCUT2D eigenvalue weighted by atomic mass is 10.2. The highest BCUT2D eigenvalue weighted by molar-refractivity contribution is 7.99. The summed E-state index contributed by atoms with van der Waals surface area (Å²) in [6.45, 7) is 5.71. The van der Waals surface area contributed by atoms with Crippen molar-refractivity contribution in [2.75, 3.05) is 25.4 Å². The van der Waals surface area contributed by atoms with Crippen LogP contribution in [0, 0.1) is 0 Å². The lowest BCUT2D eigenvalue weighted by Gasteiger charge is -2.23. The molecule has 0 saturated carbocycles. The van der Waals surface area contributed by atoms with E-state index in [0.717, 1.165) is 24.6 Å². The Kier molecular flexibility index (Phi) is 7.69. The van der Waals surface area contributed by atoms with Gasteiger partial charge in [-0.25, -0.2) is 0 Å². The van der Waals surface area contributed by atoms with Gasteiger partial charge in [0.15, 0.2) is 0 Å². The van der Waals surface area contributed by atoms with Crippen molar-refractivity contribution in [1.29, 1.82) is 0 Å². The molecule has 1 N–H and O–H groups in total. The molecule has 0 bridgehead atoms. The Morgan fingerprint density at radius 2 is 2.24 bits per heavy atom. The zero-order chi connectivity index (χ0) is 12.5. The molecule has 3 nitrogen and oxygen atoms in total. The van der Waals surface area contributed by atoms with Crippen molar-refractivity contribution in [2.45, 2.75) is 50.7 Å². The van der Waals surface area contributed by atoms with Crippen molar-refractivity contribution >= 4 is 17.7 Å². The first-order valence-electron chi connectivity index (χ1n) is 6.78. The van der Waals surface area contributed by atoms with Gasteiger partial charge in [-0.05, 0) is 44.5 Å². The summed E-state index contributed by atoms with van der Waals surface area (Å²) in [5.41, 5.74) is 0. The Bertz CT molecular complexity index is 223. The molecule has 100 valence electrons. The quantitative estimate of drug-likeness (QED) is 0.714. The van der Waals surface area contributed by atoms with Crippen LogP contribution in [0.4, 0.5) is 0 Å². The van der Waals surface area contributed by atoms with Crippen LogP contribution in [0.3, 0.4) is 0 Å². The molecular formula is C13H25NO2S. The van der Waals surface area contributed by atoms with Crippen molar-refractivity contribution in [3.8, 4) is 0 Å². The van der Waals surface area contributed by atoms with E-state index in [0.29, 0.717) is 6.42 Å². The second-order valence-corrected chi connectivity index (χ2v) is 6.30. The van der Waals surface area contributed by atoms with Gasteiger partial charge in [0, 0.05) is 18.2 Å². The summed E-state index contributed by atoms with van der Waals surface area (Å²) >= 11 is 2.08. The highest BCUT2D eigenvalue weighted by atomic mass is 32.2. The zero-order valence-corrected chi connectivity index (χ0v) is 11.7. The monoisotopic (exact) mass is 259 g/mol. The lowest BCUT2D eigenvalue weighted by Crippen LogP contribution is -2.30. The van der Waals surface area contributed by atoms with Crippen LogP contribution < -0.4 is 0 Å². The molecule has 0 aromatic rings. The van der Waals surface area contributed by atoms with Gasteiger partial charge in [0.2, 0.25) is 0 Å². The van der Waals surface area contributed by atoms with Gasteiger partial charge in [0.1, 0.15) is 0 Å². The number of nitrogens with zero attached hydrogens (tertiary/aromatic N) is 1. The molecule has 1 saturated heterocycles. The molecule has 1 heterocycles. The van der Waals surface area contributed by atoms with Crippen molar-refractivity contribution in [3.63, 3.8) is 0 Å². The number of carboxylic acid groups (broad SMARTS) is 1. The van der Waals surface area contributed by atoms with E-state index in [1.54, 1.807) is 0 Å². The van der Waals surface area contributed by atoms with Crippen LogP contribution in [0.1, 0.15) is 45.4 Å². The summed E-state index contributed by atoms with van der Waals surface area (Å²) in [5, 5.41) is 9.38. The third-order valence-corrected chi connectivity index (χ3v) is 4.42. The first-order chi connectivity index (χ1) is 8.22. The summed E-state index contributed by atoms with van der Waals surface area (Å²) in [6, 6.07) is 0. The molecule has 0 spiro atoms. The van der Waals surface area contributed by atoms with Gasteiger partial charge >= 0.3 is 5.97 Å². The van der Waals surface area contributed by atoms with Crippen LogP contribution in [0.5, 0.6) is 0 Å². The topological polar surface area (TPSA) is 40.5 Å². The molecule has 1 unspecified atom stereocenters. The summed E-state index contributed by atoms with van der Waals surface area (Å²) < 4.78 is 0. The molecule has 4 heteroatoms. The van der Waals surface area contributed by atoms with Crippen molar-refractivity contribution < 1.29 is 9.90 Å². The zero-order valence-electron chi connectivity index (χ0n) is 10.9. The number of aliphatic carboxylic acids is 1. The molecule has 1 atom stereocenters. The van der Waals surface area contributed by atoms with Gasteiger partial charge in [-0.1, -0.05) is 13.3 Å². The SMILES string of the molecule is CCSC1CCCCN(CCCCC(=O)O)C1. The number of hydrogen-bond donors (Lipinski definition) is 1. The number of rotatable bonds is 7. The Labute approximate surface area is 109 Å². The molecule has 0 aromatic heterocycles. The summed E-state index contributed by atoms with van der Waals surface area (Å²) in [4.78, 5) is 13.0. The van der Waals surface area contributed by atoms with E-state index in [1.807, 2.05) is 0 Å². The number of thioether (sulfide) groups is 1. The number of carboxylic acids is 1.